The van der Waals surface area contributed by atoms with Crippen molar-refractivity contribution in [2.45, 2.75) is 199 Å². The van der Waals surface area contributed by atoms with E-state index in [1.807, 2.05) is 0 Å². The Kier molecular flexibility index (Phi) is 30.9. The van der Waals surface area contributed by atoms with E-state index in [2.05, 4.69) is 6.92 Å². The van der Waals surface area contributed by atoms with Crippen LogP contribution >= 0.6 is 0 Å². The first-order valence-electron chi connectivity index (χ1n) is 16.2. The summed E-state index contributed by atoms with van der Waals surface area (Å²) in [5, 5.41) is 8.86. The predicted molar refractivity (Wildman–Crippen MR) is 155 cm³/mol. The van der Waals surface area contributed by atoms with Crippen molar-refractivity contribution in [1.82, 2.24) is 0 Å². The van der Waals surface area contributed by atoms with E-state index < -0.39 is 0 Å². The summed E-state index contributed by atoms with van der Waals surface area (Å²) in [6, 6.07) is 0.212. The van der Waals surface area contributed by atoms with E-state index >= 15 is 0 Å². The van der Waals surface area contributed by atoms with Gasteiger partial charge in [0.2, 0.25) is 0 Å². The Hall–Kier alpha value is -0.0800. The predicted octanol–water partition coefficient (Wildman–Crippen LogP) is 10.6. The molecule has 1 atom stereocenters. The van der Waals surface area contributed by atoms with Gasteiger partial charge < -0.3 is 10.8 Å². The van der Waals surface area contributed by atoms with Crippen molar-refractivity contribution < 1.29 is 5.11 Å². The summed E-state index contributed by atoms with van der Waals surface area (Å²) in [7, 11) is 0. The van der Waals surface area contributed by atoms with Crippen LogP contribution in [0.4, 0.5) is 0 Å². The standard InChI is InChI=1S/C32H67NO/c1-2-3-4-5-6-7-8-9-10-11-12-13-14-15-16-17-18-19-20-21-22-23-24-25-26-27-28-29-32(33)30-31-34/h32,34H,2-31,33H2,1H3. The number of aliphatic hydroxyl groups excluding tert-OH is 1. The number of aliphatic hydroxyl groups is 1. The normalized spacial score (nSPS) is 12.4. The smallest absolute Gasteiger partial charge is 0.0445 e. The van der Waals surface area contributed by atoms with Crippen LogP contribution in [0.2, 0.25) is 0 Å². The van der Waals surface area contributed by atoms with Crippen LogP contribution in [0, 0.1) is 0 Å². The van der Waals surface area contributed by atoms with Gasteiger partial charge in [0.05, 0.1) is 0 Å². The van der Waals surface area contributed by atoms with E-state index in [4.69, 9.17) is 10.8 Å². The van der Waals surface area contributed by atoms with Crippen molar-refractivity contribution in [2.24, 2.45) is 5.73 Å². The fourth-order valence-corrected chi connectivity index (χ4v) is 5.21. The molecular formula is C32H67NO. The Morgan fingerprint density at radius 3 is 0.853 bits per heavy atom. The van der Waals surface area contributed by atoms with E-state index in [1.54, 1.807) is 0 Å². The lowest BCUT2D eigenvalue weighted by atomic mass is 10.0. The Morgan fingerprint density at radius 1 is 0.382 bits per heavy atom. The molecule has 0 aliphatic heterocycles. The number of nitrogens with two attached hydrogens (primary N) is 1. The average Bonchev–Trinajstić information content (AvgIpc) is 2.83. The van der Waals surface area contributed by atoms with Crippen molar-refractivity contribution in [3.8, 4) is 0 Å². The molecule has 1 unspecified atom stereocenters. The molecule has 3 N–H and O–H groups in total. The van der Waals surface area contributed by atoms with E-state index in [9.17, 15) is 0 Å². The summed E-state index contributed by atoms with van der Waals surface area (Å²) in [5.41, 5.74) is 5.93. The van der Waals surface area contributed by atoms with Crippen molar-refractivity contribution in [3.63, 3.8) is 0 Å². The van der Waals surface area contributed by atoms with Gasteiger partial charge in [-0.05, 0) is 12.8 Å². The van der Waals surface area contributed by atoms with Gasteiger partial charge in [0.25, 0.3) is 0 Å². The summed E-state index contributed by atoms with van der Waals surface area (Å²) < 4.78 is 0. The molecule has 0 aliphatic rings. The highest BCUT2D eigenvalue weighted by molar-refractivity contribution is 4.60. The zero-order valence-corrected chi connectivity index (χ0v) is 23.8. The summed E-state index contributed by atoms with van der Waals surface area (Å²) in [6.07, 6.45) is 40.8. The molecule has 2 heteroatoms. The fraction of sp³-hybridized carbons (Fsp3) is 1.00. The SMILES string of the molecule is CCCCCCCCCCCCCCCCCCCCCCCCCCCCCC(N)CCO. The molecule has 34 heavy (non-hydrogen) atoms. The highest BCUT2D eigenvalue weighted by atomic mass is 16.3. The summed E-state index contributed by atoms with van der Waals surface area (Å²) >= 11 is 0. The first-order chi connectivity index (χ1) is 16.8. The fourth-order valence-electron chi connectivity index (χ4n) is 5.21. The molecule has 0 radical (unpaired) electrons. The first kappa shape index (κ1) is 33.9. The third kappa shape index (κ3) is 30.0. The van der Waals surface area contributed by atoms with Crippen LogP contribution in [0.3, 0.4) is 0 Å². The molecule has 0 fully saturated rings. The van der Waals surface area contributed by atoms with Gasteiger partial charge in [-0.3, -0.25) is 0 Å². The van der Waals surface area contributed by atoms with Crippen LogP contribution in [0.5, 0.6) is 0 Å². The maximum absolute atomic E-state index is 8.86. The first-order valence-corrected chi connectivity index (χ1v) is 16.2. The molecule has 0 saturated carbocycles. The molecule has 0 aromatic rings. The minimum Gasteiger partial charge on any atom is -0.396 e. The summed E-state index contributed by atoms with van der Waals surface area (Å²) in [5.74, 6) is 0. The highest BCUT2D eigenvalue weighted by Crippen LogP contribution is 2.16. The molecule has 0 rings (SSSR count). The third-order valence-corrected chi connectivity index (χ3v) is 7.68. The van der Waals surface area contributed by atoms with Gasteiger partial charge in [-0.25, -0.2) is 0 Å². The van der Waals surface area contributed by atoms with E-state index in [0.29, 0.717) is 0 Å². The summed E-state index contributed by atoms with van der Waals surface area (Å²) in [6.45, 7) is 2.54. The molecule has 206 valence electrons. The molecule has 0 saturated heterocycles. The van der Waals surface area contributed by atoms with Gasteiger partial charge in [-0.15, -0.1) is 0 Å². The second-order valence-electron chi connectivity index (χ2n) is 11.3. The van der Waals surface area contributed by atoms with Crippen LogP contribution in [-0.2, 0) is 0 Å². The van der Waals surface area contributed by atoms with Crippen molar-refractivity contribution in [3.05, 3.63) is 0 Å². The van der Waals surface area contributed by atoms with Gasteiger partial charge in [-0.2, -0.15) is 0 Å². The van der Waals surface area contributed by atoms with Gasteiger partial charge in [-0.1, -0.05) is 180 Å². The van der Waals surface area contributed by atoms with Crippen molar-refractivity contribution in [2.75, 3.05) is 6.61 Å². The van der Waals surface area contributed by atoms with E-state index in [-0.39, 0.29) is 12.6 Å². The average molecular weight is 482 g/mol. The lowest BCUT2D eigenvalue weighted by Crippen LogP contribution is -2.20. The maximum Gasteiger partial charge on any atom is 0.0445 e. The lowest BCUT2D eigenvalue weighted by molar-refractivity contribution is 0.271. The molecule has 0 bridgehead atoms. The Bertz CT molecular complexity index is 346. The molecule has 0 heterocycles. The molecule has 0 aromatic carbocycles. The molecule has 0 amide bonds. The van der Waals surface area contributed by atoms with Crippen LogP contribution in [-0.4, -0.2) is 17.8 Å². The van der Waals surface area contributed by atoms with E-state index in [0.717, 1.165) is 12.8 Å². The quantitative estimate of drug-likeness (QED) is 0.100. The molecule has 0 spiro atoms. The van der Waals surface area contributed by atoms with Gasteiger partial charge in [0.1, 0.15) is 0 Å². The number of hydrogen-bond donors (Lipinski definition) is 2. The highest BCUT2D eigenvalue weighted by Gasteiger charge is 2.01. The minimum absolute atomic E-state index is 0.212. The lowest BCUT2D eigenvalue weighted by Gasteiger charge is -2.09. The minimum atomic E-state index is 0.212. The van der Waals surface area contributed by atoms with Crippen LogP contribution in [0.25, 0.3) is 0 Å². The van der Waals surface area contributed by atoms with Crippen LogP contribution in [0.15, 0.2) is 0 Å². The van der Waals surface area contributed by atoms with Crippen molar-refractivity contribution in [1.29, 1.82) is 0 Å². The van der Waals surface area contributed by atoms with Crippen LogP contribution < -0.4 is 5.73 Å². The Labute approximate surface area is 216 Å². The molecule has 2 nitrogen and oxygen atoms in total. The topological polar surface area (TPSA) is 46.2 Å². The largest absolute Gasteiger partial charge is 0.396 e. The Balaban J connectivity index is 3.03. The zero-order valence-electron chi connectivity index (χ0n) is 23.8. The molecule has 0 aliphatic carbocycles. The second kappa shape index (κ2) is 31.0. The molecule has 0 aromatic heterocycles. The van der Waals surface area contributed by atoms with Gasteiger partial charge in [0.15, 0.2) is 0 Å². The number of rotatable bonds is 30. The Morgan fingerprint density at radius 2 is 0.618 bits per heavy atom. The monoisotopic (exact) mass is 482 g/mol. The number of hydrogen-bond acceptors (Lipinski definition) is 2. The summed E-state index contributed by atoms with van der Waals surface area (Å²) in [4.78, 5) is 0. The second-order valence-corrected chi connectivity index (χ2v) is 11.3. The third-order valence-electron chi connectivity index (χ3n) is 7.68. The maximum atomic E-state index is 8.86. The zero-order chi connectivity index (χ0) is 24.8. The van der Waals surface area contributed by atoms with E-state index in [1.165, 1.54) is 173 Å². The van der Waals surface area contributed by atoms with Crippen LogP contribution in [0.1, 0.15) is 193 Å². The van der Waals surface area contributed by atoms with Crippen molar-refractivity contribution >= 4 is 0 Å². The molecular weight excluding hydrogens is 414 g/mol. The number of unbranched alkanes of at least 4 members (excludes halogenated alkanes) is 26. The van der Waals surface area contributed by atoms with Gasteiger partial charge in [0, 0.05) is 12.6 Å². The van der Waals surface area contributed by atoms with Gasteiger partial charge >= 0.3 is 0 Å².